The minimum atomic E-state index is 0.417. The molecule has 0 unspecified atom stereocenters. The van der Waals surface area contributed by atoms with Crippen LogP contribution in [0.3, 0.4) is 0 Å². The number of anilines is 1. The number of benzene rings is 1. The molecule has 2 aromatic rings. The number of hydrogen-bond acceptors (Lipinski definition) is 2. The monoisotopic (exact) mass is 215 g/mol. The van der Waals surface area contributed by atoms with Gasteiger partial charge in [0.25, 0.3) is 0 Å². The molecule has 0 radical (unpaired) electrons. The molecule has 84 valence electrons. The summed E-state index contributed by atoms with van der Waals surface area (Å²) in [5.41, 5.74) is 4.50. The van der Waals surface area contributed by atoms with Gasteiger partial charge < -0.3 is 10.3 Å². The van der Waals surface area contributed by atoms with E-state index in [-0.39, 0.29) is 0 Å². The molecule has 0 bridgehead atoms. The molecular weight excluding hydrogens is 198 g/mol. The van der Waals surface area contributed by atoms with Crippen molar-refractivity contribution in [1.29, 1.82) is 0 Å². The average Bonchev–Trinajstić information content (AvgIpc) is 2.73. The number of aromatic amines is 1. The fourth-order valence-corrected chi connectivity index (χ4v) is 1.71. The zero-order chi connectivity index (χ0) is 11.5. The highest BCUT2D eigenvalue weighted by molar-refractivity contribution is 5.76. The first-order valence-corrected chi connectivity index (χ1v) is 5.53. The van der Waals surface area contributed by atoms with Gasteiger partial charge in [0.05, 0.1) is 12.0 Å². The first kappa shape index (κ1) is 10.7. The standard InChI is InChI=1S/C13H17N3/c1-9(2)16-12-5-4-10(3)6-11(12)13-7-14-8-15-13/h4-9,16H,1-3H3,(H,14,15). The lowest BCUT2D eigenvalue weighted by atomic mass is 10.1. The van der Waals surface area contributed by atoms with Crippen LogP contribution in [0.1, 0.15) is 19.4 Å². The molecule has 1 heterocycles. The van der Waals surface area contributed by atoms with Gasteiger partial charge in [-0.1, -0.05) is 11.6 Å². The van der Waals surface area contributed by atoms with E-state index in [9.17, 15) is 0 Å². The molecule has 0 atom stereocenters. The fraction of sp³-hybridized carbons (Fsp3) is 0.308. The van der Waals surface area contributed by atoms with Crippen LogP contribution in [-0.4, -0.2) is 16.0 Å². The number of aromatic nitrogens is 2. The van der Waals surface area contributed by atoms with Gasteiger partial charge >= 0.3 is 0 Å². The van der Waals surface area contributed by atoms with E-state index < -0.39 is 0 Å². The highest BCUT2D eigenvalue weighted by Gasteiger charge is 2.07. The Bertz CT molecular complexity index is 458. The summed E-state index contributed by atoms with van der Waals surface area (Å²) < 4.78 is 0. The Morgan fingerprint density at radius 1 is 1.31 bits per heavy atom. The Labute approximate surface area is 95.9 Å². The normalized spacial score (nSPS) is 10.8. The van der Waals surface area contributed by atoms with Crippen molar-refractivity contribution in [3.8, 4) is 11.3 Å². The summed E-state index contributed by atoms with van der Waals surface area (Å²) in [6.45, 7) is 6.36. The molecule has 0 amide bonds. The molecule has 3 nitrogen and oxygen atoms in total. The molecule has 0 saturated carbocycles. The van der Waals surface area contributed by atoms with Gasteiger partial charge in [0, 0.05) is 23.5 Å². The number of nitrogens with one attached hydrogen (secondary N) is 2. The van der Waals surface area contributed by atoms with Gasteiger partial charge in [-0.05, 0) is 32.9 Å². The van der Waals surface area contributed by atoms with Crippen LogP contribution in [0.25, 0.3) is 11.3 Å². The summed E-state index contributed by atoms with van der Waals surface area (Å²) in [6, 6.07) is 6.79. The third-order valence-electron chi connectivity index (χ3n) is 2.39. The van der Waals surface area contributed by atoms with Crippen molar-refractivity contribution in [2.24, 2.45) is 0 Å². The van der Waals surface area contributed by atoms with Crippen LogP contribution in [-0.2, 0) is 0 Å². The van der Waals surface area contributed by atoms with Crippen molar-refractivity contribution in [2.45, 2.75) is 26.8 Å². The minimum Gasteiger partial charge on any atom is -0.382 e. The first-order chi connectivity index (χ1) is 7.66. The molecule has 1 aromatic heterocycles. The number of imidazole rings is 1. The Morgan fingerprint density at radius 3 is 2.75 bits per heavy atom. The quantitative estimate of drug-likeness (QED) is 0.825. The Balaban J connectivity index is 2.45. The van der Waals surface area contributed by atoms with E-state index in [0.29, 0.717) is 6.04 Å². The Hall–Kier alpha value is -1.77. The molecule has 0 spiro atoms. The molecule has 2 rings (SSSR count). The summed E-state index contributed by atoms with van der Waals surface area (Å²) in [4.78, 5) is 7.29. The number of aryl methyl sites for hydroxylation is 1. The molecule has 0 aliphatic rings. The Kier molecular flexibility index (Phi) is 2.95. The lowest BCUT2D eigenvalue weighted by Gasteiger charge is -2.14. The van der Waals surface area contributed by atoms with E-state index in [2.05, 4.69) is 54.3 Å². The van der Waals surface area contributed by atoms with Crippen molar-refractivity contribution < 1.29 is 0 Å². The highest BCUT2D eigenvalue weighted by atomic mass is 14.9. The van der Waals surface area contributed by atoms with E-state index >= 15 is 0 Å². The molecule has 2 N–H and O–H groups in total. The predicted octanol–water partition coefficient (Wildman–Crippen LogP) is 3.21. The predicted molar refractivity (Wildman–Crippen MR) is 67.5 cm³/mol. The SMILES string of the molecule is Cc1ccc(NC(C)C)c(-c2c[nH]cn2)c1. The maximum Gasteiger partial charge on any atom is 0.0927 e. The van der Waals surface area contributed by atoms with Crippen LogP contribution in [0, 0.1) is 6.92 Å². The second kappa shape index (κ2) is 4.39. The smallest absolute Gasteiger partial charge is 0.0927 e. The first-order valence-electron chi connectivity index (χ1n) is 5.53. The summed E-state index contributed by atoms with van der Waals surface area (Å²) >= 11 is 0. The van der Waals surface area contributed by atoms with Gasteiger partial charge in [-0.15, -0.1) is 0 Å². The van der Waals surface area contributed by atoms with E-state index in [1.54, 1.807) is 6.33 Å². The zero-order valence-corrected chi connectivity index (χ0v) is 9.91. The van der Waals surface area contributed by atoms with Crippen molar-refractivity contribution in [3.05, 3.63) is 36.3 Å². The lowest BCUT2D eigenvalue weighted by molar-refractivity contribution is 0.900. The maximum atomic E-state index is 4.30. The molecule has 0 fully saturated rings. The molecular formula is C13H17N3. The molecule has 0 aliphatic heterocycles. The van der Waals surface area contributed by atoms with Gasteiger partial charge in [0.1, 0.15) is 0 Å². The minimum absolute atomic E-state index is 0.417. The van der Waals surface area contributed by atoms with Crippen LogP contribution in [0.4, 0.5) is 5.69 Å². The number of rotatable bonds is 3. The van der Waals surface area contributed by atoms with E-state index in [0.717, 1.165) is 16.9 Å². The number of nitrogens with zero attached hydrogens (tertiary/aromatic N) is 1. The van der Waals surface area contributed by atoms with E-state index in [1.165, 1.54) is 5.56 Å². The third kappa shape index (κ3) is 2.24. The van der Waals surface area contributed by atoms with E-state index in [4.69, 9.17) is 0 Å². The zero-order valence-electron chi connectivity index (χ0n) is 9.91. The van der Waals surface area contributed by atoms with E-state index in [1.807, 2.05) is 6.20 Å². The van der Waals surface area contributed by atoms with Crippen LogP contribution in [0.5, 0.6) is 0 Å². The number of H-pyrrole nitrogens is 1. The third-order valence-corrected chi connectivity index (χ3v) is 2.39. The van der Waals surface area contributed by atoms with Crippen LogP contribution in [0.2, 0.25) is 0 Å². The topological polar surface area (TPSA) is 40.7 Å². The molecule has 16 heavy (non-hydrogen) atoms. The van der Waals surface area contributed by atoms with Gasteiger partial charge in [-0.2, -0.15) is 0 Å². The molecule has 0 aliphatic carbocycles. The second-order valence-corrected chi connectivity index (χ2v) is 4.30. The van der Waals surface area contributed by atoms with Gasteiger partial charge in [-0.25, -0.2) is 4.98 Å². The molecule has 1 aromatic carbocycles. The molecule has 0 saturated heterocycles. The summed E-state index contributed by atoms with van der Waals surface area (Å²) in [5.74, 6) is 0. The second-order valence-electron chi connectivity index (χ2n) is 4.30. The highest BCUT2D eigenvalue weighted by Crippen LogP contribution is 2.27. The lowest BCUT2D eigenvalue weighted by Crippen LogP contribution is -2.10. The maximum absolute atomic E-state index is 4.30. The number of hydrogen-bond donors (Lipinski definition) is 2. The summed E-state index contributed by atoms with van der Waals surface area (Å²) in [6.07, 6.45) is 3.62. The summed E-state index contributed by atoms with van der Waals surface area (Å²) in [7, 11) is 0. The fourth-order valence-electron chi connectivity index (χ4n) is 1.71. The van der Waals surface area contributed by atoms with Gasteiger partial charge in [0.15, 0.2) is 0 Å². The summed E-state index contributed by atoms with van der Waals surface area (Å²) in [5, 5.41) is 3.43. The van der Waals surface area contributed by atoms with Gasteiger partial charge in [-0.3, -0.25) is 0 Å². The largest absolute Gasteiger partial charge is 0.382 e. The molecule has 3 heteroatoms. The van der Waals surface area contributed by atoms with Crippen LogP contribution < -0.4 is 5.32 Å². The Morgan fingerprint density at radius 2 is 2.12 bits per heavy atom. The van der Waals surface area contributed by atoms with Crippen molar-refractivity contribution >= 4 is 5.69 Å². The van der Waals surface area contributed by atoms with Gasteiger partial charge in [0.2, 0.25) is 0 Å². The van der Waals surface area contributed by atoms with Crippen LogP contribution in [0.15, 0.2) is 30.7 Å². The van der Waals surface area contributed by atoms with Crippen molar-refractivity contribution in [2.75, 3.05) is 5.32 Å². The van der Waals surface area contributed by atoms with Crippen molar-refractivity contribution in [1.82, 2.24) is 9.97 Å². The van der Waals surface area contributed by atoms with Crippen LogP contribution >= 0.6 is 0 Å². The average molecular weight is 215 g/mol. The van der Waals surface area contributed by atoms with Crippen molar-refractivity contribution in [3.63, 3.8) is 0 Å².